The number of hydrogen-bond donors (Lipinski definition) is 2. The lowest BCUT2D eigenvalue weighted by Gasteiger charge is -2.12. The molecule has 6 aromatic rings. The predicted octanol–water partition coefficient (Wildman–Crippen LogP) is 6.49. The van der Waals surface area contributed by atoms with E-state index in [-0.39, 0.29) is 5.69 Å². The second kappa shape index (κ2) is 9.60. The Hall–Kier alpha value is -5.55. The van der Waals surface area contributed by atoms with E-state index >= 15 is 0 Å². The largest absolute Gasteiger partial charge is 0.438 e. The summed E-state index contributed by atoms with van der Waals surface area (Å²) in [6.45, 7) is 0. The number of hydrogen-bond acceptors (Lipinski definition) is 7. The van der Waals surface area contributed by atoms with Gasteiger partial charge in [0.2, 0.25) is 5.88 Å². The lowest BCUT2D eigenvalue weighted by molar-refractivity contribution is 0.465. The maximum Gasteiger partial charge on any atom is 0.227 e. The molecule has 2 N–H and O–H groups in total. The third kappa shape index (κ3) is 4.33. The van der Waals surface area contributed by atoms with Crippen molar-refractivity contribution in [2.75, 3.05) is 5.32 Å². The van der Waals surface area contributed by atoms with E-state index in [0.29, 0.717) is 28.6 Å². The molecule has 0 fully saturated rings. The number of pyridine rings is 1. The van der Waals surface area contributed by atoms with Gasteiger partial charge in [0.25, 0.3) is 0 Å². The van der Waals surface area contributed by atoms with Crippen molar-refractivity contribution in [1.29, 1.82) is 5.26 Å². The monoisotopic (exact) mass is 481 g/mol. The van der Waals surface area contributed by atoms with Gasteiger partial charge in [0, 0.05) is 45.5 Å². The fourth-order valence-corrected chi connectivity index (χ4v) is 4.12. The Balaban J connectivity index is 1.26. The molecule has 0 amide bonds. The molecule has 0 spiro atoms. The first kappa shape index (κ1) is 21.9. The van der Waals surface area contributed by atoms with Gasteiger partial charge in [0.05, 0.1) is 0 Å². The van der Waals surface area contributed by atoms with Crippen LogP contribution in [0.1, 0.15) is 5.69 Å². The van der Waals surface area contributed by atoms with E-state index in [2.05, 4.69) is 42.8 Å². The summed E-state index contributed by atoms with van der Waals surface area (Å²) in [5.41, 5.74) is 4.29. The lowest BCUT2D eigenvalue weighted by Crippen LogP contribution is -1.99. The summed E-state index contributed by atoms with van der Waals surface area (Å²) in [5.74, 6) is 1.65. The van der Waals surface area contributed by atoms with Gasteiger partial charge in [-0.15, -0.1) is 10.2 Å². The number of nitrogens with one attached hydrogen (secondary N) is 2. The normalized spacial score (nSPS) is 10.7. The Morgan fingerprint density at radius 2 is 1.57 bits per heavy atom. The highest BCUT2D eigenvalue weighted by Gasteiger charge is 2.15. The average Bonchev–Trinajstić information content (AvgIpc) is 3.44. The molecule has 0 aliphatic carbocycles. The summed E-state index contributed by atoms with van der Waals surface area (Å²) in [5, 5.41) is 30.4. The minimum Gasteiger partial charge on any atom is -0.438 e. The Morgan fingerprint density at radius 3 is 2.38 bits per heavy atom. The van der Waals surface area contributed by atoms with Crippen molar-refractivity contribution in [1.82, 2.24) is 25.4 Å². The lowest BCUT2D eigenvalue weighted by atomic mass is 10.0. The Kier molecular flexibility index (Phi) is 5.69. The Morgan fingerprint density at radius 1 is 0.784 bits per heavy atom. The number of rotatable bonds is 6. The van der Waals surface area contributed by atoms with E-state index in [0.717, 1.165) is 27.7 Å². The molecule has 0 saturated heterocycles. The topological polar surface area (TPSA) is 112 Å². The molecule has 0 bridgehead atoms. The molecule has 176 valence electrons. The molecule has 37 heavy (non-hydrogen) atoms. The van der Waals surface area contributed by atoms with E-state index in [9.17, 15) is 5.26 Å². The van der Waals surface area contributed by atoms with Gasteiger partial charge in [-0.25, -0.2) is 4.98 Å². The van der Waals surface area contributed by atoms with Crippen LogP contribution >= 0.6 is 0 Å². The number of aromatic nitrogens is 5. The second-order valence-electron chi connectivity index (χ2n) is 8.18. The van der Waals surface area contributed by atoms with Gasteiger partial charge in [-0.1, -0.05) is 54.6 Å². The minimum absolute atomic E-state index is 0.281. The van der Waals surface area contributed by atoms with Gasteiger partial charge in [-0.2, -0.15) is 10.4 Å². The van der Waals surface area contributed by atoms with Crippen LogP contribution in [0.15, 0.2) is 103 Å². The summed E-state index contributed by atoms with van der Waals surface area (Å²) in [6, 6.07) is 31.3. The maximum atomic E-state index is 9.33. The van der Waals surface area contributed by atoms with Crippen molar-refractivity contribution in [3.63, 3.8) is 0 Å². The zero-order valence-electron chi connectivity index (χ0n) is 19.5. The fourth-order valence-electron chi connectivity index (χ4n) is 4.12. The van der Waals surface area contributed by atoms with Crippen LogP contribution in [-0.2, 0) is 0 Å². The van der Waals surface area contributed by atoms with E-state index in [1.807, 2.05) is 78.9 Å². The molecule has 3 aromatic carbocycles. The van der Waals surface area contributed by atoms with Crippen molar-refractivity contribution in [2.24, 2.45) is 0 Å². The third-order valence-electron chi connectivity index (χ3n) is 5.87. The first-order valence-electron chi connectivity index (χ1n) is 11.6. The maximum absolute atomic E-state index is 9.33. The van der Waals surface area contributed by atoms with Crippen LogP contribution in [0.5, 0.6) is 11.6 Å². The number of anilines is 2. The van der Waals surface area contributed by atoms with Crippen LogP contribution in [-0.4, -0.2) is 25.4 Å². The van der Waals surface area contributed by atoms with E-state index in [1.54, 1.807) is 18.5 Å². The van der Waals surface area contributed by atoms with Gasteiger partial charge in [0.1, 0.15) is 17.5 Å². The van der Waals surface area contributed by atoms with E-state index in [4.69, 9.17) is 4.74 Å². The van der Waals surface area contributed by atoms with Gasteiger partial charge >= 0.3 is 0 Å². The molecule has 3 heterocycles. The molecule has 3 aromatic heterocycles. The summed E-state index contributed by atoms with van der Waals surface area (Å²) < 4.78 is 6.06. The van der Waals surface area contributed by atoms with Gasteiger partial charge < -0.3 is 10.1 Å². The van der Waals surface area contributed by atoms with E-state index < -0.39 is 0 Å². The minimum atomic E-state index is 0.281. The molecular formula is C29H19N7O. The van der Waals surface area contributed by atoms with Crippen LogP contribution in [0.3, 0.4) is 0 Å². The fraction of sp³-hybridized carbons (Fsp3) is 0. The van der Waals surface area contributed by atoms with E-state index in [1.165, 1.54) is 0 Å². The smallest absolute Gasteiger partial charge is 0.227 e. The molecule has 0 atom stereocenters. The SMILES string of the molecule is N#Cc1n[nH]cc1-c1cccnc1Oc1ccc(Nc2nnc(-c3ccccc3)c3ccccc23)cc1. The molecule has 8 nitrogen and oxygen atoms in total. The third-order valence-corrected chi connectivity index (χ3v) is 5.87. The molecule has 0 saturated carbocycles. The summed E-state index contributed by atoms with van der Waals surface area (Å²) in [7, 11) is 0. The molecule has 6 rings (SSSR count). The number of nitriles is 1. The zero-order valence-corrected chi connectivity index (χ0v) is 19.5. The highest BCUT2D eigenvalue weighted by atomic mass is 16.5. The number of ether oxygens (including phenoxy) is 1. The molecule has 0 radical (unpaired) electrons. The molecule has 0 aliphatic rings. The number of benzene rings is 3. The highest BCUT2D eigenvalue weighted by Crippen LogP contribution is 2.34. The number of nitrogens with zero attached hydrogens (tertiary/aromatic N) is 5. The van der Waals surface area contributed by atoms with Gasteiger partial charge in [-0.3, -0.25) is 5.10 Å². The summed E-state index contributed by atoms with van der Waals surface area (Å²) in [6.07, 6.45) is 3.30. The summed E-state index contributed by atoms with van der Waals surface area (Å²) >= 11 is 0. The molecule has 0 aliphatic heterocycles. The van der Waals surface area contributed by atoms with Crippen LogP contribution < -0.4 is 10.1 Å². The quantitative estimate of drug-likeness (QED) is 0.280. The van der Waals surface area contributed by atoms with Gasteiger partial charge in [0.15, 0.2) is 11.5 Å². The van der Waals surface area contributed by atoms with Crippen LogP contribution in [0.2, 0.25) is 0 Å². The van der Waals surface area contributed by atoms with Crippen molar-refractivity contribution in [3.05, 3.63) is 109 Å². The van der Waals surface area contributed by atoms with Crippen LogP contribution in [0.4, 0.5) is 11.5 Å². The highest BCUT2D eigenvalue weighted by molar-refractivity contribution is 6.00. The standard InChI is InChI=1S/C29H19N7O/c30-17-26-25(18-32-34-26)24-11-6-16-31-29(24)37-21-14-12-20(13-15-21)33-28-23-10-5-4-9-22(23)27(35-36-28)19-7-2-1-3-8-19/h1-16,18H,(H,32,34)(H,33,36). The number of H-pyrrole nitrogens is 1. The molecular weight excluding hydrogens is 462 g/mol. The zero-order chi connectivity index (χ0) is 25.0. The average molecular weight is 482 g/mol. The second-order valence-corrected chi connectivity index (χ2v) is 8.18. The predicted molar refractivity (Wildman–Crippen MR) is 141 cm³/mol. The van der Waals surface area contributed by atoms with Crippen molar-refractivity contribution in [3.8, 4) is 40.1 Å². The van der Waals surface area contributed by atoms with Crippen molar-refractivity contribution < 1.29 is 4.74 Å². The first-order valence-corrected chi connectivity index (χ1v) is 11.6. The Labute approximate surface area is 212 Å². The van der Waals surface area contributed by atoms with Crippen molar-refractivity contribution in [2.45, 2.75) is 0 Å². The molecule has 8 heteroatoms. The van der Waals surface area contributed by atoms with Crippen molar-refractivity contribution >= 4 is 22.3 Å². The molecule has 0 unspecified atom stereocenters. The van der Waals surface area contributed by atoms with Crippen LogP contribution in [0.25, 0.3) is 33.2 Å². The van der Waals surface area contributed by atoms with Gasteiger partial charge in [-0.05, 0) is 36.4 Å². The Bertz CT molecular complexity index is 1740. The number of aromatic amines is 1. The first-order chi connectivity index (χ1) is 18.3. The number of fused-ring (bicyclic) bond motifs is 1. The summed E-state index contributed by atoms with van der Waals surface area (Å²) in [4.78, 5) is 4.36. The van der Waals surface area contributed by atoms with Crippen LogP contribution in [0, 0.1) is 11.3 Å².